The Labute approximate surface area is 190 Å². The predicted molar refractivity (Wildman–Crippen MR) is 117 cm³/mol. The van der Waals surface area contributed by atoms with Gasteiger partial charge in [-0.1, -0.05) is 23.7 Å². The smallest absolute Gasteiger partial charge is 0.417 e. The minimum atomic E-state index is -1.39. The lowest BCUT2D eigenvalue weighted by atomic mass is 9.98. The first kappa shape index (κ1) is 22.1. The maximum atomic E-state index is 14.6. The van der Waals surface area contributed by atoms with Crippen LogP contribution in [0, 0.1) is 5.82 Å². The lowest BCUT2D eigenvalue weighted by Crippen LogP contribution is -2.42. The average molecular weight is 460 g/mol. The molecule has 4 rings (SSSR count). The molecule has 0 spiro atoms. The van der Waals surface area contributed by atoms with Crippen LogP contribution in [0.5, 0.6) is 11.5 Å². The summed E-state index contributed by atoms with van der Waals surface area (Å²) in [6.07, 6.45) is 1.13. The van der Waals surface area contributed by atoms with E-state index in [2.05, 4.69) is 0 Å². The number of carbonyl (C=O) groups excluding carboxylic acids is 2. The van der Waals surface area contributed by atoms with Gasteiger partial charge in [0.05, 0.1) is 5.56 Å². The average Bonchev–Trinajstić information content (AvgIpc) is 3.03. The number of nitrogens with zero attached hydrogens (tertiary/aromatic N) is 1. The number of carbonyl (C=O) groups is 2. The van der Waals surface area contributed by atoms with Crippen molar-refractivity contribution in [2.75, 3.05) is 6.54 Å². The molecule has 2 aromatic carbocycles. The van der Waals surface area contributed by atoms with E-state index in [1.165, 1.54) is 18.2 Å². The van der Waals surface area contributed by atoms with Crippen LogP contribution in [0.1, 0.15) is 45.2 Å². The first-order valence-electron chi connectivity index (χ1n) is 10.2. The van der Waals surface area contributed by atoms with E-state index < -0.39 is 29.2 Å². The van der Waals surface area contributed by atoms with Gasteiger partial charge in [0.1, 0.15) is 11.4 Å². The van der Waals surface area contributed by atoms with Crippen molar-refractivity contribution in [1.82, 2.24) is 4.90 Å². The number of hydrogen-bond donors (Lipinski definition) is 0. The number of rotatable bonds is 2. The van der Waals surface area contributed by atoms with E-state index in [0.29, 0.717) is 29.1 Å². The van der Waals surface area contributed by atoms with Crippen LogP contribution in [-0.4, -0.2) is 29.0 Å². The molecule has 0 bridgehead atoms. The van der Waals surface area contributed by atoms with Gasteiger partial charge in [-0.2, -0.15) is 0 Å². The van der Waals surface area contributed by atoms with E-state index in [1.807, 2.05) is 0 Å². The molecule has 32 heavy (non-hydrogen) atoms. The van der Waals surface area contributed by atoms with Crippen LogP contribution in [0.2, 0.25) is 5.02 Å². The summed E-state index contributed by atoms with van der Waals surface area (Å²) in [5.74, 6) is -1.57. The SMILES string of the molecule is CC(C)(C)OC(=O)N1CCC(c2cccc3c2OC(C)(c2ccc(Cl)cc2F)O3)=CC1=O. The molecule has 2 aliphatic heterocycles. The molecule has 2 heterocycles. The Morgan fingerprint density at radius 1 is 1.22 bits per heavy atom. The normalized spacial score (nSPS) is 20.2. The summed E-state index contributed by atoms with van der Waals surface area (Å²) >= 11 is 5.87. The minimum Gasteiger partial charge on any atom is -0.444 e. The maximum Gasteiger partial charge on any atom is 0.417 e. The molecule has 0 saturated heterocycles. The summed E-state index contributed by atoms with van der Waals surface area (Å²) < 4.78 is 31.9. The van der Waals surface area contributed by atoms with Crippen molar-refractivity contribution in [3.05, 3.63) is 64.4 Å². The van der Waals surface area contributed by atoms with Crippen molar-refractivity contribution in [3.8, 4) is 11.5 Å². The van der Waals surface area contributed by atoms with Crippen LogP contribution in [0.15, 0.2) is 42.5 Å². The van der Waals surface area contributed by atoms with Crippen LogP contribution in [0.3, 0.4) is 0 Å². The zero-order chi connectivity index (χ0) is 23.3. The Morgan fingerprint density at radius 3 is 2.62 bits per heavy atom. The quantitative estimate of drug-likeness (QED) is 0.578. The van der Waals surface area contributed by atoms with Gasteiger partial charge in [0, 0.05) is 30.1 Å². The third kappa shape index (κ3) is 4.17. The Hall–Kier alpha value is -3.06. The summed E-state index contributed by atoms with van der Waals surface area (Å²) in [4.78, 5) is 26.0. The molecule has 8 heteroatoms. The van der Waals surface area contributed by atoms with Gasteiger partial charge in [0.2, 0.25) is 0 Å². The van der Waals surface area contributed by atoms with Crippen LogP contribution in [-0.2, 0) is 15.3 Å². The molecule has 0 fully saturated rings. The summed E-state index contributed by atoms with van der Waals surface area (Å²) in [7, 11) is 0. The maximum absolute atomic E-state index is 14.6. The van der Waals surface area contributed by atoms with Gasteiger partial charge in [0.15, 0.2) is 11.5 Å². The molecular formula is C24H23ClFNO5. The second kappa shape index (κ2) is 7.81. The van der Waals surface area contributed by atoms with Gasteiger partial charge < -0.3 is 14.2 Å². The number of para-hydroxylation sites is 1. The molecule has 2 aromatic rings. The molecule has 0 radical (unpaired) electrons. The van der Waals surface area contributed by atoms with Crippen molar-refractivity contribution in [1.29, 1.82) is 0 Å². The van der Waals surface area contributed by atoms with Crippen molar-refractivity contribution in [2.24, 2.45) is 0 Å². The van der Waals surface area contributed by atoms with E-state index in [-0.39, 0.29) is 17.1 Å². The number of amides is 2. The fourth-order valence-corrected chi connectivity index (χ4v) is 3.86. The van der Waals surface area contributed by atoms with Crippen molar-refractivity contribution >= 4 is 29.2 Å². The molecule has 1 unspecified atom stereocenters. The Balaban J connectivity index is 1.62. The molecule has 2 amide bonds. The van der Waals surface area contributed by atoms with Gasteiger partial charge in [-0.3, -0.25) is 4.79 Å². The standard InChI is InChI=1S/C24H23ClFNO5/c1-23(2,3)32-22(29)27-11-10-14(12-20(27)28)16-6-5-7-19-21(16)31-24(4,30-19)17-9-8-15(25)13-18(17)26/h5-9,12-13H,10-11H2,1-4H3. The summed E-state index contributed by atoms with van der Waals surface area (Å²) in [6, 6.07) is 9.57. The molecule has 6 nitrogen and oxygen atoms in total. The molecule has 1 atom stereocenters. The first-order chi connectivity index (χ1) is 15.0. The minimum absolute atomic E-state index is 0.174. The number of ether oxygens (including phenoxy) is 3. The Bertz CT molecular complexity index is 1140. The van der Waals surface area contributed by atoms with E-state index in [0.717, 1.165) is 4.90 Å². The van der Waals surface area contributed by atoms with Gasteiger partial charge in [-0.15, -0.1) is 0 Å². The first-order valence-corrected chi connectivity index (χ1v) is 10.6. The Kier molecular flexibility index (Phi) is 5.41. The number of halogens is 2. The monoisotopic (exact) mass is 459 g/mol. The highest BCUT2D eigenvalue weighted by atomic mass is 35.5. The highest BCUT2D eigenvalue weighted by Gasteiger charge is 2.42. The third-order valence-corrected chi connectivity index (χ3v) is 5.36. The Morgan fingerprint density at radius 2 is 1.97 bits per heavy atom. The lowest BCUT2D eigenvalue weighted by molar-refractivity contribution is -0.125. The van der Waals surface area contributed by atoms with E-state index in [1.54, 1.807) is 52.0 Å². The molecule has 2 aliphatic rings. The van der Waals surface area contributed by atoms with Crippen LogP contribution in [0.4, 0.5) is 9.18 Å². The zero-order valence-electron chi connectivity index (χ0n) is 18.2. The second-order valence-corrected chi connectivity index (χ2v) is 9.23. The second-order valence-electron chi connectivity index (χ2n) is 8.80. The molecular weight excluding hydrogens is 437 g/mol. The van der Waals surface area contributed by atoms with Crippen molar-refractivity contribution in [3.63, 3.8) is 0 Å². The number of fused-ring (bicyclic) bond motifs is 1. The van der Waals surface area contributed by atoms with E-state index in [4.69, 9.17) is 25.8 Å². The van der Waals surface area contributed by atoms with Crippen molar-refractivity contribution in [2.45, 2.75) is 45.5 Å². The van der Waals surface area contributed by atoms with Crippen LogP contribution >= 0.6 is 11.6 Å². The van der Waals surface area contributed by atoms with Gasteiger partial charge in [-0.25, -0.2) is 14.1 Å². The van der Waals surface area contributed by atoms with Crippen LogP contribution in [0.25, 0.3) is 5.57 Å². The van der Waals surface area contributed by atoms with Gasteiger partial charge >= 0.3 is 6.09 Å². The fourth-order valence-electron chi connectivity index (χ4n) is 3.70. The summed E-state index contributed by atoms with van der Waals surface area (Å²) in [6.45, 7) is 7.02. The molecule has 0 aromatic heterocycles. The fraction of sp³-hybridized carbons (Fsp3) is 0.333. The summed E-state index contributed by atoms with van der Waals surface area (Å²) in [5, 5.41) is 0.270. The molecule has 0 aliphatic carbocycles. The molecule has 0 saturated carbocycles. The van der Waals surface area contributed by atoms with Crippen LogP contribution < -0.4 is 9.47 Å². The highest BCUT2D eigenvalue weighted by Crippen LogP contribution is 2.49. The largest absolute Gasteiger partial charge is 0.444 e. The van der Waals surface area contributed by atoms with Gasteiger partial charge in [-0.05, 0) is 57.0 Å². The molecule has 0 N–H and O–H groups in total. The van der Waals surface area contributed by atoms with Gasteiger partial charge in [0.25, 0.3) is 11.7 Å². The molecule has 168 valence electrons. The summed E-state index contributed by atoms with van der Waals surface area (Å²) in [5.41, 5.74) is 0.844. The van der Waals surface area contributed by atoms with E-state index >= 15 is 0 Å². The lowest BCUT2D eigenvalue weighted by Gasteiger charge is -2.28. The number of hydrogen-bond acceptors (Lipinski definition) is 5. The van der Waals surface area contributed by atoms with E-state index in [9.17, 15) is 14.0 Å². The van der Waals surface area contributed by atoms with Crippen molar-refractivity contribution < 1.29 is 28.2 Å². The predicted octanol–water partition coefficient (Wildman–Crippen LogP) is 5.67. The highest BCUT2D eigenvalue weighted by molar-refractivity contribution is 6.30. The zero-order valence-corrected chi connectivity index (χ0v) is 19.0. The third-order valence-electron chi connectivity index (χ3n) is 5.13. The number of benzene rings is 2. The topological polar surface area (TPSA) is 65.1 Å². The number of imide groups is 1.